The first-order valence-electron chi connectivity index (χ1n) is 2.96. The van der Waals surface area contributed by atoms with Crippen molar-refractivity contribution >= 4 is 15.9 Å². The van der Waals surface area contributed by atoms with Crippen molar-refractivity contribution in [1.82, 2.24) is 0 Å². The molecular formula is C7H10BrFO. The Hall–Kier alpha value is -0.310. The Morgan fingerprint density at radius 3 is 2.70 bits per heavy atom. The van der Waals surface area contributed by atoms with E-state index in [2.05, 4.69) is 15.9 Å². The van der Waals surface area contributed by atoms with Gasteiger partial charge in [0.15, 0.2) is 0 Å². The van der Waals surface area contributed by atoms with Gasteiger partial charge in [-0.2, -0.15) is 4.39 Å². The van der Waals surface area contributed by atoms with Crippen molar-refractivity contribution in [3.05, 3.63) is 23.2 Å². The first kappa shape index (κ1) is 9.69. The van der Waals surface area contributed by atoms with Crippen molar-refractivity contribution in [2.45, 2.75) is 20.0 Å². The van der Waals surface area contributed by atoms with Crippen LogP contribution in [0, 0.1) is 0 Å². The molecule has 0 aromatic heterocycles. The molecule has 0 spiro atoms. The second kappa shape index (κ2) is 5.47. The smallest absolute Gasteiger partial charge is 0.280 e. The van der Waals surface area contributed by atoms with Crippen LogP contribution < -0.4 is 0 Å². The van der Waals surface area contributed by atoms with Gasteiger partial charge in [-0.15, -0.1) is 0 Å². The van der Waals surface area contributed by atoms with Crippen LogP contribution in [0.4, 0.5) is 4.39 Å². The molecule has 0 saturated carbocycles. The third-order valence-corrected chi connectivity index (χ3v) is 1.21. The van der Waals surface area contributed by atoms with Crippen molar-refractivity contribution in [2.24, 2.45) is 0 Å². The van der Waals surface area contributed by atoms with Gasteiger partial charge >= 0.3 is 0 Å². The van der Waals surface area contributed by atoms with E-state index in [9.17, 15) is 4.39 Å². The molecule has 0 aliphatic heterocycles. The Morgan fingerprint density at radius 1 is 1.70 bits per heavy atom. The zero-order valence-electron chi connectivity index (χ0n) is 5.97. The Morgan fingerprint density at radius 2 is 2.30 bits per heavy atom. The third-order valence-electron chi connectivity index (χ3n) is 0.848. The van der Waals surface area contributed by atoms with Crippen LogP contribution in [-0.2, 0) is 4.74 Å². The van der Waals surface area contributed by atoms with Gasteiger partial charge in [-0.3, -0.25) is 0 Å². The van der Waals surface area contributed by atoms with Crippen LogP contribution in [0.25, 0.3) is 0 Å². The molecule has 1 atom stereocenters. The summed E-state index contributed by atoms with van der Waals surface area (Å²) in [6.45, 7) is 3.62. The molecule has 3 heteroatoms. The normalized spacial score (nSPS) is 15.8. The average Bonchev–Trinajstić information content (AvgIpc) is 1.88. The van der Waals surface area contributed by atoms with Crippen molar-refractivity contribution < 1.29 is 9.13 Å². The number of rotatable bonds is 3. The monoisotopic (exact) mass is 208 g/mol. The third kappa shape index (κ3) is 4.56. The summed E-state index contributed by atoms with van der Waals surface area (Å²) in [4.78, 5) is 1.10. The Balaban J connectivity index is 3.68. The van der Waals surface area contributed by atoms with Gasteiger partial charge in [0, 0.05) is 0 Å². The molecule has 10 heavy (non-hydrogen) atoms. The Labute approximate surface area is 68.7 Å². The Kier molecular flexibility index (Phi) is 5.30. The maximum absolute atomic E-state index is 12.3. The van der Waals surface area contributed by atoms with Crippen LogP contribution in [0.15, 0.2) is 23.2 Å². The highest BCUT2D eigenvalue weighted by atomic mass is 79.9. The maximum atomic E-state index is 12.3. The standard InChI is InChI=1S/C7H10BrFO/c1-3-4-6(2)10-7(9)5-8/h3-6H,1-2H3/b4-3+,7-5+. The van der Waals surface area contributed by atoms with E-state index in [0.717, 1.165) is 4.99 Å². The van der Waals surface area contributed by atoms with Crippen LogP contribution in [0.3, 0.4) is 0 Å². The molecule has 58 valence electrons. The molecule has 0 fully saturated rings. The molecule has 0 radical (unpaired) electrons. The van der Waals surface area contributed by atoms with Crippen LogP contribution in [0.2, 0.25) is 0 Å². The summed E-state index contributed by atoms with van der Waals surface area (Å²) in [5.41, 5.74) is 0. The van der Waals surface area contributed by atoms with Gasteiger partial charge < -0.3 is 4.74 Å². The van der Waals surface area contributed by atoms with E-state index in [1.165, 1.54) is 0 Å². The molecular weight excluding hydrogens is 199 g/mol. The van der Waals surface area contributed by atoms with Crippen molar-refractivity contribution in [3.8, 4) is 0 Å². The van der Waals surface area contributed by atoms with E-state index >= 15 is 0 Å². The highest BCUT2D eigenvalue weighted by molar-refractivity contribution is 9.11. The predicted octanol–water partition coefficient (Wildman–Crippen LogP) is 3.13. The van der Waals surface area contributed by atoms with Gasteiger partial charge in [0.25, 0.3) is 6.01 Å². The Bertz CT molecular complexity index is 143. The minimum atomic E-state index is -0.606. The molecule has 0 aromatic rings. The molecule has 0 aromatic carbocycles. The van der Waals surface area contributed by atoms with Gasteiger partial charge in [0.2, 0.25) is 0 Å². The first-order valence-corrected chi connectivity index (χ1v) is 3.87. The molecule has 1 nitrogen and oxygen atoms in total. The van der Waals surface area contributed by atoms with Gasteiger partial charge in [0.05, 0.1) is 4.99 Å². The van der Waals surface area contributed by atoms with E-state index in [0.29, 0.717) is 0 Å². The molecule has 0 rings (SSSR count). The lowest BCUT2D eigenvalue weighted by Gasteiger charge is -2.05. The zero-order chi connectivity index (χ0) is 7.98. The van der Waals surface area contributed by atoms with Gasteiger partial charge in [-0.1, -0.05) is 22.0 Å². The largest absolute Gasteiger partial charge is 0.463 e. The van der Waals surface area contributed by atoms with E-state index in [4.69, 9.17) is 4.74 Å². The quantitative estimate of drug-likeness (QED) is 0.512. The molecule has 0 aliphatic carbocycles. The molecule has 0 saturated heterocycles. The molecule has 0 amide bonds. The van der Waals surface area contributed by atoms with E-state index in [1.54, 1.807) is 13.0 Å². The summed E-state index contributed by atoms with van der Waals surface area (Å²) in [6, 6.07) is -0.606. The summed E-state index contributed by atoms with van der Waals surface area (Å²) in [6.07, 6.45) is 3.36. The average molecular weight is 209 g/mol. The van der Waals surface area contributed by atoms with Gasteiger partial charge in [-0.25, -0.2) is 0 Å². The van der Waals surface area contributed by atoms with Crippen molar-refractivity contribution in [2.75, 3.05) is 0 Å². The fraction of sp³-hybridized carbons (Fsp3) is 0.429. The summed E-state index contributed by atoms with van der Waals surface area (Å²) < 4.78 is 17.0. The number of hydrogen-bond donors (Lipinski definition) is 0. The van der Waals surface area contributed by atoms with Crippen molar-refractivity contribution in [3.63, 3.8) is 0 Å². The molecule has 1 unspecified atom stereocenters. The fourth-order valence-electron chi connectivity index (χ4n) is 0.514. The molecule has 0 N–H and O–H groups in total. The number of ether oxygens (including phenoxy) is 1. The first-order chi connectivity index (χ1) is 4.70. The van der Waals surface area contributed by atoms with E-state index in [-0.39, 0.29) is 6.10 Å². The summed E-state index contributed by atoms with van der Waals surface area (Å²) >= 11 is 2.81. The number of halogens is 2. The predicted molar refractivity (Wildman–Crippen MR) is 43.5 cm³/mol. The van der Waals surface area contributed by atoms with Gasteiger partial charge in [-0.05, 0) is 19.9 Å². The highest BCUT2D eigenvalue weighted by Gasteiger charge is 1.98. The minimum absolute atomic E-state index is 0.209. The molecule has 0 heterocycles. The lowest BCUT2D eigenvalue weighted by Crippen LogP contribution is -2.00. The van der Waals surface area contributed by atoms with Crippen LogP contribution in [0.1, 0.15) is 13.8 Å². The minimum Gasteiger partial charge on any atom is -0.463 e. The number of hydrogen-bond acceptors (Lipinski definition) is 1. The second-order valence-corrected chi connectivity index (χ2v) is 2.22. The lowest BCUT2D eigenvalue weighted by molar-refractivity contribution is 0.112. The number of allylic oxidation sites excluding steroid dienone is 1. The highest BCUT2D eigenvalue weighted by Crippen LogP contribution is 2.06. The van der Waals surface area contributed by atoms with E-state index in [1.807, 2.05) is 13.0 Å². The fourth-order valence-corrected chi connectivity index (χ4v) is 0.622. The van der Waals surface area contributed by atoms with Crippen LogP contribution in [0.5, 0.6) is 0 Å². The van der Waals surface area contributed by atoms with Crippen molar-refractivity contribution in [1.29, 1.82) is 0 Å². The summed E-state index contributed by atoms with van der Waals surface area (Å²) in [5, 5.41) is 0. The second-order valence-electron chi connectivity index (χ2n) is 1.76. The summed E-state index contributed by atoms with van der Waals surface area (Å²) in [7, 11) is 0. The summed E-state index contributed by atoms with van der Waals surface area (Å²) in [5.74, 6) is 0. The van der Waals surface area contributed by atoms with E-state index < -0.39 is 6.01 Å². The van der Waals surface area contributed by atoms with Crippen LogP contribution >= 0.6 is 15.9 Å². The van der Waals surface area contributed by atoms with Gasteiger partial charge in [0.1, 0.15) is 6.10 Å². The lowest BCUT2D eigenvalue weighted by atomic mass is 10.4. The van der Waals surface area contributed by atoms with Crippen LogP contribution in [-0.4, -0.2) is 6.10 Å². The molecule has 0 aliphatic rings. The molecule has 0 bridgehead atoms. The maximum Gasteiger partial charge on any atom is 0.280 e. The SMILES string of the molecule is C/C=C/C(C)O/C(F)=C/Br. The zero-order valence-corrected chi connectivity index (χ0v) is 7.56. The topological polar surface area (TPSA) is 9.23 Å².